The van der Waals surface area contributed by atoms with Crippen LogP contribution in [0.15, 0.2) is 18.2 Å². The molecule has 1 atom stereocenters. The summed E-state index contributed by atoms with van der Waals surface area (Å²) in [4.78, 5) is 10.9. The van der Waals surface area contributed by atoms with Crippen molar-refractivity contribution in [3.8, 4) is 5.75 Å². The van der Waals surface area contributed by atoms with Crippen LogP contribution in [0.3, 0.4) is 0 Å². The highest BCUT2D eigenvalue weighted by Gasteiger charge is 2.13. The van der Waals surface area contributed by atoms with Crippen LogP contribution in [-0.2, 0) is 0 Å². The van der Waals surface area contributed by atoms with E-state index in [2.05, 4.69) is 0 Å². The fourth-order valence-corrected chi connectivity index (χ4v) is 1.23. The van der Waals surface area contributed by atoms with E-state index in [-0.39, 0.29) is 17.9 Å². The molecule has 0 aliphatic heterocycles. The number of carboxylic acid groups (broad SMARTS) is 1. The molecule has 0 aromatic heterocycles. The number of aliphatic hydroxyl groups is 1. The molecule has 0 radical (unpaired) electrons. The molecular weight excluding hydrogens is 198 g/mol. The van der Waals surface area contributed by atoms with Crippen LogP contribution in [0, 0.1) is 0 Å². The summed E-state index contributed by atoms with van der Waals surface area (Å²) in [5.41, 5.74) is 6.18. The second-order valence-corrected chi connectivity index (χ2v) is 3.05. The van der Waals surface area contributed by atoms with Gasteiger partial charge in [0.1, 0.15) is 11.3 Å². The van der Waals surface area contributed by atoms with Crippen LogP contribution in [0.2, 0.25) is 0 Å². The molecule has 5 heteroatoms. The number of carboxylic acids is 1. The molecule has 0 heterocycles. The first kappa shape index (κ1) is 11.5. The maximum atomic E-state index is 10.9. The van der Waals surface area contributed by atoms with Gasteiger partial charge in [0.2, 0.25) is 0 Å². The zero-order valence-corrected chi connectivity index (χ0v) is 8.30. The lowest BCUT2D eigenvalue weighted by Crippen LogP contribution is -2.15. The first-order chi connectivity index (χ1) is 7.10. The zero-order valence-electron chi connectivity index (χ0n) is 8.30. The average molecular weight is 211 g/mol. The maximum absolute atomic E-state index is 10.9. The third-order valence-electron chi connectivity index (χ3n) is 2.08. The van der Waals surface area contributed by atoms with Gasteiger partial charge in [-0.1, -0.05) is 6.07 Å². The van der Waals surface area contributed by atoms with E-state index in [4.69, 9.17) is 20.7 Å². The molecule has 0 aliphatic carbocycles. The number of hydrogen-bond donors (Lipinski definition) is 3. The Bertz CT molecular complexity index is 364. The van der Waals surface area contributed by atoms with Crippen molar-refractivity contribution in [3.05, 3.63) is 29.3 Å². The van der Waals surface area contributed by atoms with Gasteiger partial charge in [-0.3, -0.25) is 0 Å². The lowest BCUT2D eigenvalue weighted by atomic mass is 10.0. The summed E-state index contributed by atoms with van der Waals surface area (Å²) in [6.45, 7) is -0.231. The third kappa shape index (κ3) is 2.45. The van der Waals surface area contributed by atoms with Gasteiger partial charge in [-0.15, -0.1) is 0 Å². The summed E-state index contributed by atoms with van der Waals surface area (Å²) in [7, 11) is 1.40. The van der Waals surface area contributed by atoms with Crippen molar-refractivity contribution in [3.63, 3.8) is 0 Å². The number of benzene rings is 1. The summed E-state index contributed by atoms with van der Waals surface area (Å²) in [6, 6.07) is 3.98. The smallest absolute Gasteiger partial charge is 0.339 e. The van der Waals surface area contributed by atoms with Gasteiger partial charge >= 0.3 is 5.97 Å². The predicted molar refractivity (Wildman–Crippen MR) is 54.0 cm³/mol. The number of aliphatic hydroxyl groups excluding tert-OH is 1. The number of methoxy groups -OCH3 is 1. The van der Waals surface area contributed by atoms with E-state index < -0.39 is 12.0 Å². The first-order valence-corrected chi connectivity index (χ1v) is 4.37. The molecule has 0 bridgehead atoms. The van der Waals surface area contributed by atoms with Gasteiger partial charge in [0, 0.05) is 0 Å². The van der Waals surface area contributed by atoms with E-state index >= 15 is 0 Å². The molecule has 4 N–H and O–H groups in total. The molecule has 1 rings (SSSR count). The molecule has 0 saturated heterocycles. The number of rotatable bonds is 4. The van der Waals surface area contributed by atoms with Gasteiger partial charge in [-0.25, -0.2) is 4.79 Å². The molecule has 5 nitrogen and oxygen atoms in total. The van der Waals surface area contributed by atoms with Crippen molar-refractivity contribution in [2.45, 2.75) is 6.04 Å². The van der Waals surface area contributed by atoms with Crippen LogP contribution in [0.1, 0.15) is 22.0 Å². The number of ether oxygens (including phenoxy) is 1. The molecule has 0 spiro atoms. The molecule has 15 heavy (non-hydrogen) atoms. The molecule has 0 amide bonds. The molecule has 82 valence electrons. The third-order valence-corrected chi connectivity index (χ3v) is 2.08. The number of hydrogen-bond acceptors (Lipinski definition) is 4. The SMILES string of the molecule is COc1ccc([C@@H](N)CO)cc1C(=O)O. The standard InChI is InChI=1S/C10H13NO4/c1-15-9-3-2-6(8(11)5-12)4-7(9)10(13)14/h2-4,8,12H,5,11H2,1H3,(H,13,14)/t8-/m0/s1. The molecule has 1 aromatic rings. The number of carbonyl (C=O) groups is 1. The van der Waals surface area contributed by atoms with Gasteiger partial charge < -0.3 is 20.7 Å². The van der Waals surface area contributed by atoms with Crippen molar-refractivity contribution < 1.29 is 19.7 Å². The summed E-state index contributed by atoms with van der Waals surface area (Å²) in [6.07, 6.45) is 0. The Balaban J connectivity index is 3.16. The van der Waals surface area contributed by atoms with Crippen molar-refractivity contribution >= 4 is 5.97 Å². The van der Waals surface area contributed by atoms with Gasteiger partial charge in [0.25, 0.3) is 0 Å². The molecule has 0 saturated carbocycles. The highest BCUT2D eigenvalue weighted by atomic mass is 16.5. The quantitative estimate of drug-likeness (QED) is 0.669. The Labute approximate surface area is 87.1 Å². The number of aromatic carboxylic acids is 1. The highest BCUT2D eigenvalue weighted by Crippen LogP contribution is 2.22. The van der Waals surface area contributed by atoms with Crippen LogP contribution < -0.4 is 10.5 Å². The largest absolute Gasteiger partial charge is 0.496 e. The van der Waals surface area contributed by atoms with Crippen molar-refractivity contribution in [2.75, 3.05) is 13.7 Å². The monoisotopic (exact) mass is 211 g/mol. The van der Waals surface area contributed by atoms with Crippen LogP contribution >= 0.6 is 0 Å². The fourth-order valence-electron chi connectivity index (χ4n) is 1.23. The number of nitrogens with two attached hydrogens (primary N) is 1. The topological polar surface area (TPSA) is 92.8 Å². The summed E-state index contributed by atoms with van der Waals surface area (Å²) < 4.78 is 4.89. The second-order valence-electron chi connectivity index (χ2n) is 3.05. The van der Waals surface area contributed by atoms with Crippen molar-refractivity contribution in [2.24, 2.45) is 5.73 Å². The molecule has 1 aromatic carbocycles. The molecule has 0 unspecified atom stereocenters. The Kier molecular flexibility index (Phi) is 3.65. The normalized spacial score (nSPS) is 12.2. The summed E-state index contributed by atoms with van der Waals surface area (Å²) in [5, 5.41) is 17.7. The minimum Gasteiger partial charge on any atom is -0.496 e. The Morgan fingerprint density at radius 3 is 2.73 bits per heavy atom. The van der Waals surface area contributed by atoms with Crippen LogP contribution in [0.25, 0.3) is 0 Å². The van der Waals surface area contributed by atoms with E-state index in [1.54, 1.807) is 6.07 Å². The van der Waals surface area contributed by atoms with Crippen LogP contribution in [0.5, 0.6) is 5.75 Å². The lowest BCUT2D eigenvalue weighted by molar-refractivity contribution is 0.0693. The second kappa shape index (κ2) is 4.77. The van der Waals surface area contributed by atoms with E-state index in [1.807, 2.05) is 0 Å². The minimum atomic E-state index is -1.08. The van der Waals surface area contributed by atoms with Crippen LogP contribution in [0.4, 0.5) is 0 Å². The lowest BCUT2D eigenvalue weighted by Gasteiger charge is -2.11. The predicted octanol–water partition coefficient (Wildman–Crippen LogP) is 0.385. The van der Waals surface area contributed by atoms with Gasteiger partial charge in [0.05, 0.1) is 19.8 Å². The van der Waals surface area contributed by atoms with Crippen molar-refractivity contribution in [1.29, 1.82) is 0 Å². The van der Waals surface area contributed by atoms with E-state index in [9.17, 15) is 4.79 Å². The Morgan fingerprint density at radius 1 is 1.60 bits per heavy atom. The Morgan fingerprint density at radius 2 is 2.27 bits per heavy atom. The van der Waals surface area contributed by atoms with E-state index in [1.165, 1.54) is 19.2 Å². The summed E-state index contributed by atoms with van der Waals surface area (Å²) in [5.74, 6) is -0.810. The van der Waals surface area contributed by atoms with Gasteiger partial charge in [-0.05, 0) is 17.7 Å². The van der Waals surface area contributed by atoms with E-state index in [0.29, 0.717) is 5.56 Å². The zero-order chi connectivity index (χ0) is 11.4. The fraction of sp³-hybridized carbons (Fsp3) is 0.300. The molecular formula is C10H13NO4. The van der Waals surface area contributed by atoms with Gasteiger partial charge in [0.15, 0.2) is 0 Å². The maximum Gasteiger partial charge on any atom is 0.339 e. The molecule has 0 fully saturated rings. The van der Waals surface area contributed by atoms with Crippen LogP contribution in [-0.4, -0.2) is 29.9 Å². The Hall–Kier alpha value is -1.59. The van der Waals surface area contributed by atoms with Crippen molar-refractivity contribution in [1.82, 2.24) is 0 Å². The minimum absolute atomic E-state index is 0.0406. The molecule has 0 aliphatic rings. The van der Waals surface area contributed by atoms with E-state index in [0.717, 1.165) is 0 Å². The highest BCUT2D eigenvalue weighted by molar-refractivity contribution is 5.91. The first-order valence-electron chi connectivity index (χ1n) is 4.37. The summed E-state index contributed by atoms with van der Waals surface area (Å²) >= 11 is 0. The van der Waals surface area contributed by atoms with Gasteiger partial charge in [-0.2, -0.15) is 0 Å². The average Bonchev–Trinajstić information content (AvgIpc) is 2.27.